The molecule has 1 heterocycles. The fraction of sp³-hybridized carbons (Fsp3) is 0.278. The van der Waals surface area contributed by atoms with Crippen LogP contribution in [0.1, 0.15) is 24.8 Å². The Morgan fingerprint density at radius 2 is 1.78 bits per heavy atom. The van der Waals surface area contributed by atoms with E-state index in [0.29, 0.717) is 13.1 Å². The number of hydrogen-bond acceptors (Lipinski definition) is 6. The second kappa shape index (κ2) is 7.73. The van der Waals surface area contributed by atoms with E-state index in [4.69, 9.17) is 10.00 Å². The third-order valence-electron chi connectivity index (χ3n) is 4.31. The Morgan fingerprint density at radius 3 is 2.44 bits per heavy atom. The Hall–Kier alpha value is -2.96. The Kier molecular flexibility index (Phi) is 5.39. The van der Waals surface area contributed by atoms with Crippen molar-refractivity contribution in [3.8, 4) is 17.6 Å². The SMILES string of the molecule is N#Cc1ccccc1Oc1ccc(S(=O)(=O)N2CCCCC2)cc1[N+](=O)[O-]. The van der Waals surface area contributed by atoms with Gasteiger partial charge in [-0.15, -0.1) is 0 Å². The van der Waals surface area contributed by atoms with E-state index in [-0.39, 0.29) is 22.0 Å². The summed E-state index contributed by atoms with van der Waals surface area (Å²) >= 11 is 0. The van der Waals surface area contributed by atoms with Crippen molar-refractivity contribution >= 4 is 15.7 Å². The number of nitro benzene ring substituents is 1. The molecule has 1 saturated heterocycles. The molecule has 2 aromatic carbocycles. The Morgan fingerprint density at radius 1 is 1.07 bits per heavy atom. The normalized spacial score (nSPS) is 15.1. The molecule has 3 rings (SSSR count). The largest absolute Gasteiger partial charge is 0.449 e. The summed E-state index contributed by atoms with van der Waals surface area (Å²) in [6, 6.07) is 11.8. The van der Waals surface area contributed by atoms with E-state index in [1.54, 1.807) is 12.1 Å². The number of nitro groups is 1. The molecule has 0 amide bonds. The highest BCUT2D eigenvalue weighted by Crippen LogP contribution is 2.35. The molecular formula is C18H17N3O5S. The molecule has 1 fully saturated rings. The van der Waals surface area contributed by atoms with Gasteiger partial charge in [-0.1, -0.05) is 18.6 Å². The second-order valence-corrected chi connectivity index (χ2v) is 8.00. The minimum atomic E-state index is -3.80. The van der Waals surface area contributed by atoms with Gasteiger partial charge in [-0.2, -0.15) is 9.57 Å². The molecule has 0 unspecified atom stereocenters. The first-order valence-electron chi connectivity index (χ1n) is 8.39. The van der Waals surface area contributed by atoms with Gasteiger partial charge in [0.15, 0.2) is 0 Å². The summed E-state index contributed by atoms with van der Waals surface area (Å²) in [4.78, 5) is 10.6. The highest BCUT2D eigenvalue weighted by molar-refractivity contribution is 7.89. The lowest BCUT2D eigenvalue weighted by Gasteiger charge is -2.25. The number of para-hydroxylation sites is 1. The average molecular weight is 387 g/mol. The fourth-order valence-corrected chi connectivity index (χ4v) is 4.45. The summed E-state index contributed by atoms with van der Waals surface area (Å²) in [5.74, 6) is 0.0371. The van der Waals surface area contributed by atoms with Crippen molar-refractivity contribution in [3.63, 3.8) is 0 Å². The van der Waals surface area contributed by atoms with Crippen molar-refractivity contribution in [2.75, 3.05) is 13.1 Å². The maximum absolute atomic E-state index is 12.8. The number of piperidine rings is 1. The summed E-state index contributed by atoms with van der Waals surface area (Å²) in [7, 11) is -3.80. The third kappa shape index (κ3) is 3.92. The molecule has 0 radical (unpaired) electrons. The van der Waals surface area contributed by atoms with Crippen molar-refractivity contribution in [2.45, 2.75) is 24.2 Å². The smallest absolute Gasteiger partial charge is 0.312 e. The van der Waals surface area contributed by atoms with E-state index in [0.717, 1.165) is 25.3 Å². The molecule has 0 spiro atoms. The summed E-state index contributed by atoms with van der Waals surface area (Å²) in [6.07, 6.45) is 2.51. The van der Waals surface area contributed by atoms with Crippen LogP contribution in [0.5, 0.6) is 11.5 Å². The number of rotatable bonds is 5. The first-order valence-corrected chi connectivity index (χ1v) is 9.83. The van der Waals surface area contributed by atoms with Gasteiger partial charge in [0.25, 0.3) is 0 Å². The lowest BCUT2D eigenvalue weighted by molar-refractivity contribution is -0.385. The summed E-state index contributed by atoms with van der Waals surface area (Å²) in [6.45, 7) is 0.813. The van der Waals surface area contributed by atoms with Crippen LogP contribution in [-0.4, -0.2) is 30.7 Å². The van der Waals surface area contributed by atoms with Gasteiger partial charge in [-0.3, -0.25) is 10.1 Å². The molecule has 0 atom stereocenters. The van der Waals surface area contributed by atoms with Crippen molar-refractivity contribution in [2.24, 2.45) is 0 Å². The summed E-state index contributed by atoms with van der Waals surface area (Å²) < 4.78 is 32.4. The maximum atomic E-state index is 12.8. The summed E-state index contributed by atoms with van der Waals surface area (Å²) in [5.41, 5.74) is -0.252. The molecule has 8 nitrogen and oxygen atoms in total. The molecule has 0 aliphatic carbocycles. The zero-order valence-electron chi connectivity index (χ0n) is 14.4. The maximum Gasteiger partial charge on any atom is 0.312 e. The predicted molar refractivity (Wildman–Crippen MR) is 96.9 cm³/mol. The number of nitrogens with zero attached hydrogens (tertiary/aromatic N) is 3. The molecule has 1 aliphatic heterocycles. The van der Waals surface area contributed by atoms with Gasteiger partial charge < -0.3 is 4.74 Å². The number of ether oxygens (including phenoxy) is 1. The molecule has 0 aromatic heterocycles. The van der Waals surface area contributed by atoms with Crippen LogP contribution >= 0.6 is 0 Å². The highest BCUT2D eigenvalue weighted by atomic mass is 32.2. The fourth-order valence-electron chi connectivity index (χ4n) is 2.91. The monoisotopic (exact) mass is 387 g/mol. The van der Waals surface area contributed by atoms with Gasteiger partial charge in [0, 0.05) is 19.2 Å². The predicted octanol–water partition coefficient (Wildman–Crippen LogP) is 3.43. The topological polar surface area (TPSA) is 114 Å². The van der Waals surface area contributed by atoms with Crippen LogP contribution in [0.15, 0.2) is 47.4 Å². The van der Waals surface area contributed by atoms with E-state index in [1.807, 2.05) is 6.07 Å². The molecule has 140 valence electrons. The lowest BCUT2D eigenvalue weighted by atomic mass is 10.2. The Bertz CT molecular complexity index is 1010. The number of sulfonamides is 1. The zero-order valence-corrected chi connectivity index (χ0v) is 15.2. The van der Waals surface area contributed by atoms with Gasteiger partial charge in [-0.25, -0.2) is 8.42 Å². The number of nitriles is 1. The lowest BCUT2D eigenvalue weighted by Crippen LogP contribution is -2.35. The molecule has 2 aromatic rings. The molecule has 27 heavy (non-hydrogen) atoms. The van der Waals surface area contributed by atoms with Crippen molar-refractivity contribution < 1.29 is 18.1 Å². The van der Waals surface area contributed by atoms with Gasteiger partial charge in [0.1, 0.15) is 11.8 Å². The number of benzene rings is 2. The van der Waals surface area contributed by atoms with Crippen LogP contribution in [-0.2, 0) is 10.0 Å². The first kappa shape index (κ1) is 18.8. The molecule has 9 heteroatoms. The van der Waals surface area contributed by atoms with Gasteiger partial charge in [0.05, 0.1) is 15.4 Å². The van der Waals surface area contributed by atoms with Gasteiger partial charge >= 0.3 is 5.69 Å². The molecule has 1 aliphatic rings. The Labute approximate surface area is 156 Å². The van der Waals surface area contributed by atoms with Crippen LogP contribution in [0.2, 0.25) is 0 Å². The van der Waals surface area contributed by atoms with Crippen molar-refractivity contribution in [1.82, 2.24) is 4.31 Å². The van der Waals surface area contributed by atoms with Gasteiger partial charge in [-0.05, 0) is 37.1 Å². The van der Waals surface area contributed by atoms with E-state index >= 15 is 0 Å². The van der Waals surface area contributed by atoms with E-state index in [1.165, 1.54) is 28.6 Å². The molecule has 0 N–H and O–H groups in total. The minimum Gasteiger partial charge on any atom is -0.449 e. The quantitative estimate of drug-likeness (QED) is 0.573. The van der Waals surface area contributed by atoms with Crippen molar-refractivity contribution in [1.29, 1.82) is 5.26 Å². The molecular weight excluding hydrogens is 370 g/mol. The van der Waals surface area contributed by atoms with Crippen LogP contribution < -0.4 is 4.74 Å². The number of hydrogen-bond donors (Lipinski definition) is 0. The van der Waals surface area contributed by atoms with E-state index in [9.17, 15) is 18.5 Å². The van der Waals surface area contributed by atoms with Crippen LogP contribution in [0.25, 0.3) is 0 Å². The second-order valence-electron chi connectivity index (χ2n) is 6.06. The van der Waals surface area contributed by atoms with Gasteiger partial charge in [0.2, 0.25) is 15.8 Å². The molecule has 0 saturated carbocycles. The zero-order chi connectivity index (χ0) is 19.4. The van der Waals surface area contributed by atoms with Crippen molar-refractivity contribution in [3.05, 3.63) is 58.1 Å². The average Bonchev–Trinajstić information content (AvgIpc) is 2.69. The van der Waals surface area contributed by atoms with Crippen LogP contribution in [0.3, 0.4) is 0 Å². The Balaban J connectivity index is 1.98. The van der Waals surface area contributed by atoms with E-state index in [2.05, 4.69) is 0 Å². The minimum absolute atomic E-state index is 0.125. The summed E-state index contributed by atoms with van der Waals surface area (Å²) in [5, 5.41) is 20.6. The highest BCUT2D eigenvalue weighted by Gasteiger charge is 2.29. The molecule has 0 bridgehead atoms. The standard InChI is InChI=1S/C18H17N3O5S/c19-13-14-6-2-3-7-17(14)26-18-9-8-15(12-16(18)21(22)23)27(24,25)20-10-4-1-5-11-20/h2-3,6-9,12H,1,4-5,10-11H2. The van der Waals surface area contributed by atoms with E-state index < -0.39 is 20.6 Å². The van der Waals surface area contributed by atoms with Crippen LogP contribution in [0.4, 0.5) is 5.69 Å². The third-order valence-corrected chi connectivity index (χ3v) is 6.20. The first-order chi connectivity index (χ1) is 12.9. The van der Waals surface area contributed by atoms with Crippen LogP contribution in [0, 0.1) is 21.4 Å².